The molecule has 0 spiro atoms. The molecule has 3 heterocycles. The van der Waals surface area contributed by atoms with Crippen molar-refractivity contribution in [2.24, 2.45) is 0 Å². The molecule has 0 atom stereocenters. The highest BCUT2D eigenvalue weighted by molar-refractivity contribution is 7.14. The minimum Gasteiger partial charge on any atom is -0.353 e. The summed E-state index contributed by atoms with van der Waals surface area (Å²) < 4.78 is 54.9. The fraction of sp³-hybridized carbons (Fsp3) is 0.370. The van der Waals surface area contributed by atoms with Gasteiger partial charge in [0.05, 0.1) is 24.1 Å². The minimum absolute atomic E-state index is 0.00586. The summed E-state index contributed by atoms with van der Waals surface area (Å²) in [4.78, 5) is 49.4. The lowest BCUT2D eigenvalue weighted by molar-refractivity contribution is -0.141. The zero-order chi connectivity index (χ0) is 30.4. The van der Waals surface area contributed by atoms with Gasteiger partial charge in [0.2, 0.25) is 5.91 Å². The number of halogens is 4. The van der Waals surface area contributed by atoms with Gasteiger partial charge >= 0.3 is 12.2 Å². The predicted molar refractivity (Wildman–Crippen MR) is 150 cm³/mol. The van der Waals surface area contributed by atoms with Crippen LogP contribution in [0.15, 0.2) is 42.6 Å². The van der Waals surface area contributed by atoms with Gasteiger partial charge < -0.3 is 25.3 Å². The number of amides is 4. The van der Waals surface area contributed by atoms with Crippen molar-refractivity contribution in [1.82, 2.24) is 19.8 Å². The maximum Gasteiger partial charge on any atom is 0.435 e. The molecular formula is C27H29F4N7O3S. The van der Waals surface area contributed by atoms with E-state index in [0.717, 1.165) is 0 Å². The first-order chi connectivity index (χ1) is 20.0. The molecule has 1 aromatic carbocycles. The maximum atomic E-state index is 13.8. The number of piperazine rings is 1. The minimum atomic E-state index is -4.86. The van der Waals surface area contributed by atoms with Crippen molar-refractivity contribution < 1.29 is 31.9 Å². The Hall–Kier alpha value is -4.27. The van der Waals surface area contributed by atoms with E-state index in [4.69, 9.17) is 0 Å². The van der Waals surface area contributed by atoms with Crippen molar-refractivity contribution in [2.75, 3.05) is 48.3 Å². The number of rotatable bonds is 8. The lowest BCUT2D eigenvalue weighted by atomic mass is 10.3. The van der Waals surface area contributed by atoms with Crippen LogP contribution >= 0.6 is 11.3 Å². The fourth-order valence-corrected chi connectivity index (χ4v) is 5.28. The molecule has 2 N–H and O–H groups in total. The summed E-state index contributed by atoms with van der Waals surface area (Å²) >= 11 is 0.591. The summed E-state index contributed by atoms with van der Waals surface area (Å²) in [5, 5.41) is 5.00. The number of pyridine rings is 1. The van der Waals surface area contributed by atoms with E-state index in [2.05, 4.69) is 20.6 Å². The van der Waals surface area contributed by atoms with E-state index in [1.54, 1.807) is 17.0 Å². The summed E-state index contributed by atoms with van der Waals surface area (Å²) in [6.07, 6.45) is -2.91. The van der Waals surface area contributed by atoms with Crippen LogP contribution in [-0.4, -0.2) is 70.3 Å². The highest BCUT2D eigenvalue weighted by atomic mass is 32.1. The Kier molecular flexibility index (Phi) is 9.60. The summed E-state index contributed by atoms with van der Waals surface area (Å²) in [7, 11) is 0. The smallest absolute Gasteiger partial charge is 0.353 e. The molecule has 0 saturated carbocycles. The molecule has 42 heavy (non-hydrogen) atoms. The van der Waals surface area contributed by atoms with Crippen LogP contribution in [0.3, 0.4) is 0 Å². The molecule has 1 saturated heterocycles. The molecule has 4 amide bonds. The summed E-state index contributed by atoms with van der Waals surface area (Å²) in [5.74, 6) is -1.26. The van der Waals surface area contributed by atoms with Gasteiger partial charge in [-0.05, 0) is 30.7 Å². The van der Waals surface area contributed by atoms with Crippen LogP contribution in [0.5, 0.6) is 0 Å². The summed E-state index contributed by atoms with van der Waals surface area (Å²) in [6, 6.07) is 8.59. The number of alkyl halides is 3. The molecule has 0 radical (unpaired) electrons. The average Bonchev–Trinajstić information content (AvgIpc) is 3.39. The Labute approximate surface area is 243 Å². The number of carbonyl (C=O) groups excluding carboxylic acids is 3. The first-order valence-electron chi connectivity index (χ1n) is 13.1. The van der Waals surface area contributed by atoms with Gasteiger partial charge in [0, 0.05) is 39.6 Å². The van der Waals surface area contributed by atoms with Crippen LogP contribution in [0.2, 0.25) is 0 Å². The average molecular weight is 608 g/mol. The second kappa shape index (κ2) is 13.1. The normalized spacial score (nSPS) is 13.6. The summed E-state index contributed by atoms with van der Waals surface area (Å²) in [6.45, 7) is 4.98. The fourth-order valence-electron chi connectivity index (χ4n) is 4.29. The molecule has 0 unspecified atom stereocenters. The standard InChI is InChI=1S/C27H29F4N7O3S/c1-3-10-38(17(2)39)16-22-35-24(27(29,30)31)23(42-22)25(40)33-18-8-9-21(32-15-18)36-11-13-37(14-12-36)26(41)34-20-7-5-4-6-19(20)28/h4-9,15H,3,10-14,16H2,1-2H3,(H,33,40)(H,34,41). The number of hydrogen-bond acceptors (Lipinski definition) is 7. The topological polar surface area (TPSA) is 111 Å². The molecule has 224 valence electrons. The van der Waals surface area contributed by atoms with Gasteiger partial charge in [-0.1, -0.05) is 19.1 Å². The molecule has 1 aliphatic rings. The monoisotopic (exact) mass is 607 g/mol. The Morgan fingerprint density at radius 2 is 1.76 bits per heavy atom. The third-order valence-electron chi connectivity index (χ3n) is 6.42. The van der Waals surface area contributed by atoms with E-state index in [1.165, 1.54) is 42.3 Å². The lowest BCUT2D eigenvalue weighted by Crippen LogP contribution is -2.50. The molecule has 0 bridgehead atoms. The summed E-state index contributed by atoms with van der Waals surface area (Å²) in [5.41, 5.74) is -1.02. The Morgan fingerprint density at radius 1 is 1.05 bits per heavy atom. The molecule has 0 aliphatic carbocycles. The van der Waals surface area contributed by atoms with Crippen LogP contribution in [0.1, 0.15) is 40.6 Å². The van der Waals surface area contributed by atoms with Crippen molar-refractivity contribution in [1.29, 1.82) is 0 Å². The number of thiazole rings is 1. The maximum absolute atomic E-state index is 13.8. The second-order valence-electron chi connectivity index (χ2n) is 9.47. The van der Waals surface area contributed by atoms with Gasteiger partial charge in [-0.2, -0.15) is 13.2 Å². The largest absolute Gasteiger partial charge is 0.435 e. The van der Waals surface area contributed by atoms with E-state index in [1.807, 2.05) is 11.8 Å². The number of urea groups is 1. The molecule has 1 aliphatic heterocycles. The van der Waals surface area contributed by atoms with Gasteiger partial charge in [0.15, 0.2) is 5.69 Å². The number of para-hydroxylation sites is 1. The lowest BCUT2D eigenvalue weighted by Gasteiger charge is -2.35. The van der Waals surface area contributed by atoms with Gasteiger partial charge in [-0.3, -0.25) is 9.59 Å². The first-order valence-corrected chi connectivity index (χ1v) is 13.9. The van der Waals surface area contributed by atoms with Crippen molar-refractivity contribution in [3.63, 3.8) is 0 Å². The van der Waals surface area contributed by atoms with Crippen molar-refractivity contribution in [3.8, 4) is 0 Å². The third kappa shape index (κ3) is 7.51. The number of benzene rings is 1. The van der Waals surface area contributed by atoms with Crippen LogP contribution in [0.4, 0.5) is 39.5 Å². The first kappa shape index (κ1) is 30.7. The molecular weight excluding hydrogens is 578 g/mol. The van der Waals surface area contributed by atoms with Crippen molar-refractivity contribution in [3.05, 3.63) is 64.0 Å². The quantitative estimate of drug-likeness (QED) is 0.347. The van der Waals surface area contributed by atoms with E-state index in [9.17, 15) is 31.9 Å². The molecule has 4 rings (SSSR count). The number of aromatic nitrogens is 2. The highest BCUT2D eigenvalue weighted by Gasteiger charge is 2.40. The van der Waals surface area contributed by atoms with Crippen LogP contribution in [0.25, 0.3) is 0 Å². The molecule has 3 aromatic rings. The number of hydrogen-bond donors (Lipinski definition) is 2. The second-order valence-corrected chi connectivity index (χ2v) is 10.6. The van der Waals surface area contributed by atoms with Crippen LogP contribution in [-0.2, 0) is 17.5 Å². The van der Waals surface area contributed by atoms with E-state index in [-0.39, 0.29) is 28.8 Å². The van der Waals surface area contributed by atoms with Gasteiger partial charge in [0.25, 0.3) is 5.91 Å². The predicted octanol–water partition coefficient (Wildman–Crippen LogP) is 5.06. The van der Waals surface area contributed by atoms with Crippen molar-refractivity contribution in [2.45, 2.75) is 33.0 Å². The van der Waals surface area contributed by atoms with Crippen LogP contribution in [0, 0.1) is 5.82 Å². The molecule has 2 aromatic heterocycles. The SMILES string of the molecule is CCCN(Cc1nc(C(F)(F)F)c(C(=O)Nc2ccc(N3CCN(C(=O)Nc4ccccc4F)CC3)nc2)s1)C(C)=O. The number of nitrogens with one attached hydrogen (secondary N) is 2. The van der Waals surface area contributed by atoms with E-state index >= 15 is 0 Å². The molecule has 10 nitrogen and oxygen atoms in total. The Bertz CT molecular complexity index is 1420. The Morgan fingerprint density at radius 3 is 2.36 bits per heavy atom. The zero-order valence-corrected chi connectivity index (χ0v) is 23.7. The van der Waals surface area contributed by atoms with Crippen molar-refractivity contribution >= 4 is 46.4 Å². The van der Waals surface area contributed by atoms with Gasteiger partial charge in [-0.15, -0.1) is 11.3 Å². The number of anilines is 3. The van der Waals surface area contributed by atoms with E-state index in [0.29, 0.717) is 56.3 Å². The molecule has 15 heteroatoms. The highest BCUT2D eigenvalue weighted by Crippen LogP contribution is 2.35. The molecule has 1 fully saturated rings. The van der Waals surface area contributed by atoms with Crippen LogP contribution < -0.4 is 15.5 Å². The van der Waals surface area contributed by atoms with Gasteiger partial charge in [-0.25, -0.2) is 19.2 Å². The zero-order valence-electron chi connectivity index (χ0n) is 22.9. The number of nitrogens with zero attached hydrogens (tertiary/aromatic N) is 5. The number of carbonyl (C=O) groups is 3. The Balaban J connectivity index is 1.37. The van der Waals surface area contributed by atoms with Gasteiger partial charge in [0.1, 0.15) is 21.5 Å². The van der Waals surface area contributed by atoms with E-state index < -0.39 is 34.5 Å². The third-order valence-corrected chi connectivity index (χ3v) is 7.46.